The highest BCUT2D eigenvalue weighted by atomic mass is 19.4. The molecule has 0 aromatic heterocycles. The van der Waals surface area contributed by atoms with Gasteiger partial charge in [-0.25, -0.2) is 0 Å². The summed E-state index contributed by atoms with van der Waals surface area (Å²) in [6.07, 6.45) is -2.50. The fourth-order valence-electron chi connectivity index (χ4n) is 3.69. The first kappa shape index (κ1) is 15.9. The van der Waals surface area contributed by atoms with Gasteiger partial charge in [-0.1, -0.05) is 42.5 Å². The maximum absolute atomic E-state index is 13.1. The van der Waals surface area contributed by atoms with E-state index < -0.39 is 11.7 Å². The Morgan fingerprint density at radius 1 is 1.00 bits per heavy atom. The Hall–Kier alpha value is -2.56. The molecule has 0 spiro atoms. The molecule has 0 saturated carbocycles. The van der Waals surface area contributed by atoms with Crippen LogP contribution in [0, 0.1) is 5.41 Å². The molecule has 1 unspecified atom stereocenters. The highest BCUT2D eigenvalue weighted by molar-refractivity contribution is 5.87. The number of nitrogens with one attached hydrogen (secondary N) is 1. The van der Waals surface area contributed by atoms with Crippen LogP contribution in [0.4, 0.5) is 13.2 Å². The summed E-state index contributed by atoms with van der Waals surface area (Å²) in [5.74, 6) is 0.505. The highest BCUT2D eigenvalue weighted by Crippen LogP contribution is 2.45. The Morgan fingerprint density at radius 2 is 1.80 bits per heavy atom. The van der Waals surface area contributed by atoms with E-state index in [0.29, 0.717) is 17.7 Å². The molecule has 2 aliphatic rings. The number of alkyl halides is 3. The Bertz CT molecular complexity index is 883. The summed E-state index contributed by atoms with van der Waals surface area (Å²) in [4.78, 5) is 0. The van der Waals surface area contributed by atoms with Crippen LogP contribution in [-0.4, -0.2) is 5.90 Å². The molecule has 5 heteroatoms. The fraction of sp³-hybridized carbons (Fsp3) is 0.250. The van der Waals surface area contributed by atoms with E-state index in [0.717, 1.165) is 35.6 Å². The number of fused-ring (bicyclic) bond motifs is 2. The Morgan fingerprint density at radius 3 is 2.60 bits per heavy atom. The SMILES string of the molecule is N=C1CC(c2cccc(C(F)(F)F)c2)C2=C(O1)c1ccccc1CC2. The van der Waals surface area contributed by atoms with E-state index in [4.69, 9.17) is 10.1 Å². The average molecular weight is 343 g/mol. The predicted octanol–water partition coefficient (Wildman–Crippen LogP) is 5.54. The number of benzene rings is 2. The Labute approximate surface area is 143 Å². The van der Waals surface area contributed by atoms with Gasteiger partial charge in [0, 0.05) is 17.9 Å². The van der Waals surface area contributed by atoms with Crippen molar-refractivity contribution in [3.05, 3.63) is 76.4 Å². The molecule has 2 aromatic rings. The first-order valence-electron chi connectivity index (χ1n) is 8.17. The minimum atomic E-state index is -4.37. The molecule has 4 rings (SSSR count). The van der Waals surface area contributed by atoms with Crippen molar-refractivity contribution in [2.75, 3.05) is 0 Å². The second kappa shape index (κ2) is 5.76. The van der Waals surface area contributed by atoms with Gasteiger partial charge in [0.1, 0.15) is 5.76 Å². The molecule has 0 fully saturated rings. The lowest BCUT2D eigenvalue weighted by molar-refractivity contribution is -0.137. The van der Waals surface area contributed by atoms with Crippen molar-refractivity contribution >= 4 is 11.7 Å². The first-order valence-corrected chi connectivity index (χ1v) is 8.17. The molecule has 1 aliphatic heterocycles. The van der Waals surface area contributed by atoms with Crippen LogP contribution in [0.5, 0.6) is 0 Å². The van der Waals surface area contributed by atoms with E-state index in [9.17, 15) is 13.2 Å². The van der Waals surface area contributed by atoms with Crippen LogP contribution >= 0.6 is 0 Å². The van der Waals surface area contributed by atoms with E-state index >= 15 is 0 Å². The molecule has 25 heavy (non-hydrogen) atoms. The molecular weight excluding hydrogens is 327 g/mol. The summed E-state index contributed by atoms with van der Waals surface area (Å²) in [7, 11) is 0. The third-order valence-corrected chi connectivity index (χ3v) is 4.87. The lowest BCUT2D eigenvalue weighted by Crippen LogP contribution is -2.23. The van der Waals surface area contributed by atoms with Crippen LogP contribution in [-0.2, 0) is 17.3 Å². The Balaban J connectivity index is 1.82. The summed E-state index contributed by atoms with van der Waals surface area (Å²) in [6.45, 7) is 0. The molecule has 1 heterocycles. The zero-order valence-electron chi connectivity index (χ0n) is 13.4. The van der Waals surface area contributed by atoms with Gasteiger partial charge in [-0.05, 0) is 35.6 Å². The van der Waals surface area contributed by atoms with Gasteiger partial charge in [0.05, 0.1) is 5.56 Å². The first-order chi connectivity index (χ1) is 11.9. The van der Waals surface area contributed by atoms with Crippen molar-refractivity contribution in [3.63, 3.8) is 0 Å². The number of aryl methyl sites for hydroxylation is 1. The number of hydrogen-bond acceptors (Lipinski definition) is 2. The van der Waals surface area contributed by atoms with Gasteiger partial charge in [0.15, 0.2) is 5.90 Å². The van der Waals surface area contributed by atoms with Crippen LogP contribution in [0.25, 0.3) is 5.76 Å². The van der Waals surface area contributed by atoms with E-state index in [1.165, 1.54) is 12.1 Å². The predicted molar refractivity (Wildman–Crippen MR) is 89.3 cm³/mol. The van der Waals surface area contributed by atoms with Crippen molar-refractivity contribution in [1.29, 1.82) is 5.41 Å². The molecule has 2 nitrogen and oxygen atoms in total. The molecule has 0 amide bonds. The molecule has 1 atom stereocenters. The molecule has 1 aliphatic carbocycles. The lowest BCUT2D eigenvalue weighted by Gasteiger charge is -2.33. The van der Waals surface area contributed by atoms with Crippen LogP contribution < -0.4 is 0 Å². The Kier molecular flexibility index (Phi) is 3.67. The van der Waals surface area contributed by atoms with Crippen molar-refractivity contribution in [1.82, 2.24) is 0 Å². The number of allylic oxidation sites excluding steroid dienone is 1. The van der Waals surface area contributed by atoms with Crippen LogP contribution in [0.3, 0.4) is 0 Å². The van der Waals surface area contributed by atoms with E-state index in [1.54, 1.807) is 6.07 Å². The topological polar surface area (TPSA) is 33.1 Å². The molecule has 2 aromatic carbocycles. The second-order valence-corrected chi connectivity index (χ2v) is 6.42. The molecule has 0 radical (unpaired) electrons. The summed E-state index contributed by atoms with van der Waals surface area (Å²) < 4.78 is 44.9. The van der Waals surface area contributed by atoms with Crippen molar-refractivity contribution in [3.8, 4) is 0 Å². The minimum Gasteiger partial charge on any atom is -0.443 e. The maximum Gasteiger partial charge on any atom is 0.416 e. The van der Waals surface area contributed by atoms with Crippen molar-refractivity contribution < 1.29 is 17.9 Å². The molecule has 128 valence electrons. The third kappa shape index (κ3) is 2.84. The third-order valence-electron chi connectivity index (χ3n) is 4.87. The molecule has 1 N–H and O–H groups in total. The lowest BCUT2D eigenvalue weighted by atomic mass is 9.78. The van der Waals surface area contributed by atoms with Crippen molar-refractivity contribution in [2.45, 2.75) is 31.4 Å². The smallest absolute Gasteiger partial charge is 0.416 e. The van der Waals surface area contributed by atoms with Gasteiger partial charge in [-0.3, -0.25) is 5.41 Å². The van der Waals surface area contributed by atoms with Gasteiger partial charge in [0.2, 0.25) is 0 Å². The van der Waals surface area contributed by atoms with E-state index in [-0.39, 0.29) is 11.8 Å². The zero-order chi connectivity index (χ0) is 17.6. The van der Waals surface area contributed by atoms with Crippen molar-refractivity contribution in [2.24, 2.45) is 0 Å². The van der Waals surface area contributed by atoms with Gasteiger partial charge in [-0.2, -0.15) is 13.2 Å². The average Bonchev–Trinajstić information content (AvgIpc) is 2.60. The monoisotopic (exact) mass is 343 g/mol. The standard InChI is InChI=1S/C20H16F3NO/c21-20(22,23)14-6-3-5-13(10-14)17-11-18(24)25-19-15-7-2-1-4-12(15)8-9-16(17)19/h1-7,10,17,24H,8-9,11H2. The summed E-state index contributed by atoms with van der Waals surface area (Å²) in [5, 5.41) is 8.03. The molecule has 0 bridgehead atoms. The number of rotatable bonds is 1. The van der Waals surface area contributed by atoms with Crippen LogP contribution in [0.15, 0.2) is 54.1 Å². The minimum absolute atomic E-state index is 0.0952. The van der Waals surface area contributed by atoms with Gasteiger partial charge in [0.25, 0.3) is 0 Å². The quantitative estimate of drug-likeness (QED) is 0.724. The van der Waals surface area contributed by atoms with Gasteiger partial charge in [-0.15, -0.1) is 0 Å². The van der Waals surface area contributed by atoms with Gasteiger partial charge >= 0.3 is 6.18 Å². The zero-order valence-corrected chi connectivity index (χ0v) is 13.4. The molecular formula is C20H16F3NO. The number of hydrogen-bond donors (Lipinski definition) is 1. The summed E-state index contributed by atoms with van der Waals surface area (Å²) >= 11 is 0. The maximum atomic E-state index is 13.1. The summed E-state index contributed by atoms with van der Waals surface area (Å²) in [6, 6.07) is 13.3. The van der Waals surface area contributed by atoms with Gasteiger partial charge < -0.3 is 4.74 Å². The van der Waals surface area contributed by atoms with Crippen LogP contribution in [0.2, 0.25) is 0 Å². The number of ether oxygens (including phenoxy) is 1. The van der Waals surface area contributed by atoms with E-state index in [1.807, 2.05) is 24.3 Å². The molecule has 0 saturated heterocycles. The highest BCUT2D eigenvalue weighted by Gasteiger charge is 2.35. The normalized spacial score (nSPS) is 20.0. The van der Waals surface area contributed by atoms with Crippen LogP contribution in [0.1, 0.15) is 41.0 Å². The second-order valence-electron chi connectivity index (χ2n) is 6.42. The van der Waals surface area contributed by atoms with E-state index in [2.05, 4.69) is 0 Å². The number of halogens is 3. The fourth-order valence-corrected chi connectivity index (χ4v) is 3.69. The summed E-state index contributed by atoms with van der Waals surface area (Å²) in [5.41, 5.74) is 3.04. The largest absolute Gasteiger partial charge is 0.443 e.